The summed E-state index contributed by atoms with van der Waals surface area (Å²) in [4.78, 5) is 31.6. The van der Waals surface area contributed by atoms with Crippen LogP contribution >= 0.6 is 31.9 Å². The number of carbonyl (C=O) groups is 2. The van der Waals surface area contributed by atoms with E-state index in [1.807, 2.05) is 60.7 Å². The molecule has 0 aromatic heterocycles. The van der Waals surface area contributed by atoms with Crippen LogP contribution in [0.5, 0.6) is 11.5 Å². The van der Waals surface area contributed by atoms with E-state index in [9.17, 15) is 9.59 Å². The second kappa shape index (κ2) is 16.6. The maximum Gasteiger partial charge on any atom is 0.258 e. The first-order valence-corrected chi connectivity index (χ1v) is 17.9. The summed E-state index contributed by atoms with van der Waals surface area (Å²) in [6.45, 7) is 2.96. The molecule has 4 aromatic rings. The zero-order valence-corrected chi connectivity index (χ0v) is 29.7. The molecule has 0 saturated carbocycles. The fourth-order valence-electron chi connectivity index (χ4n) is 5.84. The first kappa shape index (κ1) is 34.2. The van der Waals surface area contributed by atoms with Gasteiger partial charge < -0.3 is 28.7 Å². The van der Waals surface area contributed by atoms with Crippen molar-refractivity contribution in [2.75, 3.05) is 49.3 Å². The van der Waals surface area contributed by atoms with Crippen molar-refractivity contribution in [3.8, 4) is 11.5 Å². The number of para-hydroxylation sites is 2. The van der Waals surface area contributed by atoms with E-state index < -0.39 is 0 Å². The summed E-state index contributed by atoms with van der Waals surface area (Å²) in [5.41, 5.74) is 2.45. The zero-order chi connectivity index (χ0) is 33.3. The van der Waals surface area contributed by atoms with Crippen LogP contribution in [0.3, 0.4) is 0 Å². The number of halogens is 2. The minimum atomic E-state index is -0.191. The highest BCUT2D eigenvalue weighted by molar-refractivity contribution is 9.11. The highest BCUT2D eigenvalue weighted by atomic mass is 79.9. The van der Waals surface area contributed by atoms with Gasteiger partial charge in [0.05, 0.1) is 21.2 Å². The molecule has 0 bridgehead atoms. The van der Waals surface area contributed by atoms with Gasteiger partial charge in [-0.05, 0) is 118 Å². The Morgan fingerprint density at radius 1 is 0.625 bits per heavy atom. The minimum Gasteiger partial charge on any atom is -0.490 e. The lowest BCUT2D eigenvalue weighted by molar-refractivity contribution is 0.0676. The Labute approximate surface area is 298 Å². The van der Waals surface area contributed by atoms with Gasteiger partial charge in [0, 0.05) is 48.8 Å². The number of rotatable bonds is 13. The van der Waals surface area contributed by atoms with Crippen molar-refractivity contribution in [2.45, 2.75) is 37.9 Å². The molecule has 2 aliphatic heterocycles. The summed E-state index contributed by atoms with van der Waals surface area (Å²) in [5.74, 6) is 0.930. The van der Waals surface area contributed by atoms with E-state index in [1.165, 1.54) is 0 Å². The molecule has 0 spiro atoms. The maximum atomic E-state index is 14.1. The number of nitrogens with zero attached hydrogens (tertiary/aromatic N) is 2. The summed E-state index contributed by atoms with van der Waals surface area (Å²) >= 11 is 7.19. The van der Waals surface area contributed by atoms with Crippen LogP contribution in [0.1, 0.15) is 46.4 Å². The molecule has 0 radical (unpaired) electrons. The molecule has 2 saturated heterocycles. The molecule has 4 aromatic carbocycles. The number of hydrogen-bond donors (Lipinski definition) is 0. The summed E-state index contributed by atoms with van der Waals surface area (Å²) in [6, 6.07) is 29.7. The Morgan fingerprint density at radius 3 is 1.40 bits per heavy atom. The molecular weight excluding hydrogens is 740 g/mol. The highest BCUT2D eigenvalue weighted by Crippen LogP contribution is 2.30. The molecule has 0 aliphatic carbocycles. The number of carbonyl (C=O) groups excluding carboxylic acids is 2. The van der Waals surface area contributed by atoms with Crippen molar-refractivity contribution >= 4 is 55.0 Å². The normalized spacial score (nSPS) is 17.2. The summed E-state index contributed by atoms with van der Waals surface area (Å²) < 4.78 is 24.7. The van der Waals surface area contributed by atoms with Gasteiger partial charge in [0.25, 0.3) is 11.8 Å². The third-order valence-corrected chi connectivity index (χ3v) is 9.67. The van der Waals surface area contributed by atoms with Crippen molar-refractivity contribution in [1.29, 1.82) is 0 Å². The molecule has 6 rings (SSSR count). The van der Waals surface area contributed by atoms with Crippen molar-refractivity contribution in [1.82, 2.24) is 0 Å². The highest BCUT2D eigenvalue weighted by Gasteiger charge is 2.25. The minimum absolute atomic E-state index is 0.0890. The van der Waals surface area contributed by atoms with Crippen LogP contribution in [0.4, 0.5) is 11.4 Å². The third kappa shape index (κ3) is 8.66. The van der Waals surface area contributed by atoms with Crippen LogP contribution in [-0.4, -0.2) is 63.5 Å². The second-order valence-corrected chi connectivity index (χ2v) is 13.5. The van der Waals surface area contributed by atoms with Gasteiger partial charge in [-0.25, -0.2) is 0 Å². The molecule has 48 heavy (non-hydrogen) atoms. The average Bonchev–Trinajstić information content (AvgIpc) is 3.85. The van der Waals surface area contributed by atoms with E-state index in [-0.39, 0.29) is 37.1 Å². The lowest BCUT2D eigenvalue weighted by Gasteiger charge is -2.29. The third-order valence-electron chi connectivity index (χ3n) is 8.43. The zero-order valence-electron chi connectivity index (χ0n) is 26.6. The van der Waals surface area contributed by atoms with Crippen molar-refractivity contribution in [3.63, 3.8) is 0 Å². The molecule has 2 amide bonds. The number of anilines is 2. The van der Waals surface area contributed by atoms with Crippen LogP contribution in [0.15, 0.2) is 106 Å². The van der Waals surface area contributed by atoms with Crippen LogP contribution < -0.4 is 19.3 Å². The number of ether oxygens (including phenoxy) is 4. The van der Waals surface area contributed by atoms with Crippen molar-refractivity contribution in [2.24, 2.45) is 0 Å². The van der Waals surface area contributed by atoms with Gasteiger partial charge in [-0.3, -0.25) is 9.59 Å². The van der Waals surface area contributed by atoms with E-state index in [0.717, 1.165) is 50.3 Å². The smallest absolute Gasteiger partial charge is 0.258 e. The van der Waals surface area contributed by atoms with Crippen LogP contribution in [-0.2, 0) is 9.47 Å². The molecule has 10 heteroatoms. The van der Waals surface area contributed by atoms with Gasteiger partial charge in [-0.15, -0.1) is 0 Å². The summed E-state index contributed by atoms with van der Waals surface area (Å²) in [6.07, 6.45) is 4.23. The SMILES string of the molecule is O=C(c1ccc(OCC2CCCO2)c(Br)c1)N(CCN(C(=O)c1ccc(OCC2CCCO2)c(Br)c1)c1ccccc1)c1ccccc1. The van der Waals surface area contributed by atoms with Crippen molar-refractivity contribution < 1.29 is 28.5 Å². The molecule has 2 unspecified atom stereocenters. The topological polar surface area (TPSA) is 77.5 Å². The van der Waals surface area contributed by atoms with E-state index in [4.69, 9.17) is 18.9 Å². The summed E-state index contributed by atoms with van der Waals surface area (Å²) in [7, 11) is 0. The molecule has 0 N–H and O–H groups in total. The lowest BCUT2D eigenvalue weighted by Crippen LogP contribution is -2.41. The number of hydrogen-bond acceptors (Lipinski definition) is 6. The monoisotopic (exact) mass is 776 g/mol. The first-order valence-electron chi connectivity index (χ1n) is 16.3. The van der Waals surface area contributed by atoms with Crippen LogP contribution in [0.25, 0.3) is 0 Å². The Bertz CT molecular complexity index is 1550. The standard InChI is InChI=1S/C38H38Br2N2O6/c39-33-23-27(15-17-35(33)47-25-31-13-7-21-45-31)37(43)41(29-9-3-1-4-10-29)19-20-42(30-11-5-2-6-12-30)38(44)28-16-18-36(34(40)24-28)48-26-32-14-8-22-46-32/h1-6,9-12,15-18,23-24,31-32H,7-8,13-14,19-22,25-26H2. The van der Waals surface area contributed by atoms with Crippen LogP contribution in [0.2, 0.25) is 0 Å². The second-order valence-electron chi connectivity index (χ2n) is 11.8. The van der Waals surface area contributed by atoms with Gasteiger partial charge in [0.1, 0.15) is 24.7 Å². The molecule has 2 aliphatic rings. The Kier molecular flexibility index (Phi) is 11.8. The Balaban J connectivity index is 1.20. The molecule has 8 nitrogen and oxygen atoms in total. The summed E-state index contributed by atoms with van der Waals surface area (Å²) in [5, 5.41) is 0. The van der Waals surface area contributed by atoms with Gasteiger partial charge in [0.15, 0.2) is 0 Å². The average molecular weight is 779 g/mol. The molecule has 2 heterocycles. The molecule has 2 atom stereocenters. The van der Waals surface area contributed by atoms with E-state index in [2.05, 4.69) is 31.9 Å². The van der Waals surface area contributed by atoms with Gasteiger partial charge in [-0.2, -0.15) is 0 Å². The van der Waals surface area contributed by atoms with Crippen LogP contribution in [0, 0.1) is 0 Å². The Hall–Kier alpha value is -3.70. The fraction of sp³-hybridized carbons (Fsp3) is 0.316. The maximum absolute atomic E-state index is 14.1. The Morgan fingerprint density at radius 2 is 1.04 bits per heavy atom. The first-order chi connectivity index (χ1) is 23.5. The van der Waals surface area contributed by atoms with E-state index >= 15 is 0 Å². The van der Waals surface area contributed by atoms with E-state index in [1.54, 1.807) is 46.2 Å². The molecule has 2 fully saturated rings. The van der Waals surface area contributed by atoms with Gasteiger partial charge in [0.2, 0.25) is 0 Å². The quantitative estimate of drug-likeness (QED) is 0.136. The molecule has 250 valence electrons. The number of amides is 2. The predicted octanol–water partition coefficient (Wildman–Crippen LogP) is 8.32. The fourth-order valence-corrected chi connectivity index (χ4v) is 6.83. The van der Waals surface area contributed by atoms with Gasteiger partial charge in [-0.1, -0.05) is 36.4 Å². The van der Waals surface area contributed by atoms with Crippen molar-refractivity contribution in [3.05, 3.63) is 117 Å². The van der Waals surface area contributed by atoms with Gasteiger partial charge >= 0.3 is 0 Å². The molecular formula is C38H38Br2N2O6. The predicted molar refractivity (Wildman–Crippen MR) is 193 cm³/mol. The number of benzene rings is 4. The largest absolute Gasteiger partial charge is 0.490 e. The van der Waals surface area contributed by atoms with E-state index in [0.29, 0.717) is 44.8 Å². The lowest BCUT2D eigenvalue weighted by atomic mass is 10.1.